The summed E-state index contributed by atoms with van der Waals surface area (Å²) in [7, 11) is 0. The molecule has 23 heavy (non-hydrogen) atoms. The molecule has 0 aliphatic carbocycles. The number of nitrogens with zero attached hydrogens (tertiary/aromatic N) is 1. The van der Waals surface area contributed by atoms with E-state index in [0.717, 1.165) is 17.0 Å². The highest BCUT2D eigenvalue weighted by Gasteiger charge is 2.17. The van der Waals surface area contributed by atoms with Crippen molar-refractivity contribution in [1.82, 2.24) is 5.32 Å². The Morgan fingerprint density at radius 3 is 2.61 bits per heavy atom. The zero-order chi connectivity index (χ0) is 16.8. The zero-order valence-electron chi connectivity index (χ0n) is 11.8. The fourth-order valence-corrected chi connectivity index (χ4v) is 2.65. The molecule has 0 radical (unpaired) electrons. The predicted molar refractivity (Wildman–Crippen MR) is 87.6 cm³/mol. The number of benzene rings is 2. The SMILES string of the molecule is O=C(NCCSc1ccc(Cl)cc1)c1ccc(F)c([N+](=O)[O-])c1. The summed E-state index contributed by atoms with van der Waals surface area (Å²) < 4.78 is 13.2. The van der Waals surface area contributed by atoms with Gasteiger partial charge in [0.05, 0.1) is 4.92 Å². The van der Waals surface area contributed by atoms with Gasteiger partial charge in [0.2, 0.25) is 5.82 Å². The highest BCUT2D eigenvalue weighted by atomic mass is 35.5. The van der Waals surface area contributed by atoms with Crippen LogP contribution in [0.25, 0.3) is 0 Å². The summed E-state index contributed by atoms with van der Waals surface area (Å²) >= 11 is 7.32. The van der Waals surface area contributed by atoms with Gasteiger partial charge in [0, 0.05) is 33.8 Å². The highest BCUT2D eigenvalue weighted by molar-refractivity contribution is 7.99. The molecule has 0 aliphatic rings. The Balaban J connectivity index is 1.86. The maximum atomic E-state index is 13.2. The van der Waals surface area contributed by atoms with Crippen LogP contribution in [-0.2, 0) is 0 Å². The van der Waals surface area contributed by atoms with Gasteiger partial charge in [0.25, 0.3) is 5.91 Å². The zero-order valence-corrected chi connectivity index (χ0v) is 13.4. The van der Waals surface area contributed by atoms with Crippen molar-refractivity contribution >= 4 is 35.0 Å². The van der Waals surface area contributed by atoms with E-state index < -0.39 is 22.3 Å². The molecule has 0 saturated heterocycles. The standard InChI is InChI=1S/C15H12ClFN2O3S/c16-11-2-4-12(5-3-11)23-8-7-18-15(20)10-1-6-13(17)14(9-10)19(21)22/h1-6,9H,7-8H2,(H,18,20). The van der Waals surface area contributed by atoms with E-state index in [4.69, 9.17) is 11.6 Å². The first-order chi connectivity index (χ1) is 11.0. The van der Waals surface area contributed by atoms with Crippen LogP contribution in [0.3, 0.4) is 0 Å². The molecule has 8 heteroatoms. The van der Waals surface area contributed by atoms with Crippen molar-refractivity contribution in [2.45, 2.75) is 4.90 Å². The second-order valence-electron chi connectivity index (χ2n) is 4.48. The molecule has 0 aliphatic heterocycles. The Kier molecular flexibility index (Phi) is 5.95. The van der Waals surface area contributed by atoms with Crippen LogP contribution in [0.1, 0.15) is 10.4 Å². The number of amides is 1. The van der Waals surface area contributed by atoms with Gasteiger partial charge >= 0.3 is 5.69 Å². The van der Waals surface area contributed by atoms with Gasteiger partial charge in [-0.15, -0.1) is 11.8 Å². The summed E-state index contributed by atoms with van der Waals surface area (Å²) in [4.78, 5) is 22.7. The molecule has 2 rings (SSSR count). The minimum Gasteiger partial charge on any atom is -0.351 e. The van der Waals surface area contributed by atoms with E-state index in [0.29, 0.717) is 17.3 Å². The summed E-state index contributed by atoms with van der Waals surface area (Å²) in [6, 6.07) is 10.4. The third-order valence-corrected chi connectivity index (χ3v) is 4.14. The number of nitro benzene ring substituents is 1. The fraction of sp³-hybridized carbons (Fsp3) is 0.133. The molecule has 0 unspecified atom stereocenters. The second-order valence-corrected chi connectivity index (χ2v) is 6.09. The van der Waals surface area contributed by atoms with E-state index in [1.165, 1.54) is 17.8 Å². The minimum absolute atomic E-state index is 0.0505. The lowest BCUT2D eigenvalue weighted by Gasteiger charge is -2.06. The van der Waals surface area contributed by atoms with Crippen LogP contribution in [0.15, 0.2) is 47.4 Å². The molecule has 0 bridgehead atoms. The van der Waals surface area contributed by atoms with Crippen molar-refractivity contribution in [1.29, 1.82) is 0 Å². The van der Waals surface area contributed by atoms with Gasteiger partial charge in [-0.25, -0.2) is 0 Å². The quantitative estimate of drug-likeness (QED) is 0.369. The van der Waals surface area contributed by atoms with Crippen molar-refractivity contribution in [3.05, 3.63) is 69.0 Å². The Morgan fingerprint density at radius 2 is 1.96 bits per heavy atom. The molecule has 1 amide bonds. The Bertz CT molecular complexity index is 725. The largest absolute Gasteiger partial charge is 0.351 e. The molecular formula is C15H12ClFN2O3S. The number of rotatable bonds is 6. The first-order valence-electron chi connectivity index (χ1n) is 6.58. The van der Waals surface area contributed by atoms with E-state index in [1.54, 1.807) is 12.1 Å². The average molecular weight is 355 g/mol. The van der Waals surface area contributed by atoms with Crippen LogP contribution in [0, 0.1) is 15.9 Å². The number of hydrogen-bond acceptors (Lipinski definition) is 4. The van der Waals surface area contributed by atoms with Crippen molar-refractivity contribution in [2.75, 3.05) is 12.3 Å². The predicted octanol–water partition coefficient (Wildman–Crippen LogP) is 3.91. The van der Waals surface area contributed by atoms with E-state index in [9.17, 15) is 19.3 Å². The maximum Gasteiger partial charge on any atom is 0.305 e. The van der Waals surface area contributed by atoms with Crippen LogP contribution >= 0.6 is 23.4 Å². The third kappa shape index (κ3) is 4.94. The number of carbonyl (C=O) groups is 1. The van der Waals surface area contributed by atoms with Crippen LogP contribution in [-0.4, -0.2) is 23.1 Å². The maximum absolute atomic E-state index is 13.2. The van der Waals surface area contributed by atoms with Gasteiger partial charge in [0.1, 0.15) is 0 Å². The summed E-state index contributed by atoms with van der Waals surface area (Å²) in [5.41, 5.74) is -0.664. The number of nitrogens with one attached hydrogen (secondary N) is 1. The van der Waals surface area contributed by atoms with Crippen LogP contribution in [0.4, 0.5) is 10.1 Å². The molecule has 2 aromatic rings. The lowest BCUT2D eigenvalue weighted by Crippen LogP contribution is -2.25. The first-order valence-corrected chi connectivity index (χ1v) is 7.94. The fourth-order valence-electron chi connectivity index (χ4n) is 1.76. The Labute approximate surface area is 141 Å². The van der Waals surface area contributed by atoms with Crippen molar-refractivity contribution in [3.8, 4) is 0 Å². The molecule has 120 valence electrons. The van der Waals surface area contributed by atoms with E-state index in [2.05, 4.69) is 5.32 Å². The number of nitro groups is 1. The summed E-state index contributed by atoms with van der Waals surface area (Å²) in [5.74, 6) is -0.828. The summed E-state index contributed by atoms with van der Waals surface area (Å²) in [6.07, 6.45) is 0. The lowest BCUT2D eigenvalue weighted by molar-refractivity contribution is -0.387. The molecule has 0 heterocycles. The Hall–Kier alpha value is -2.12. The molecule has 0 fully saturated rings. The van der Waals surface area contributed by atoms with Gasteiger partial charge in [-0.3, -0.25) is 14.9 Å². The Morgan fingerprint density at radius 1 is 1.26 bits per heavy atom. The van der Waals surface area contributed by atoms with Crippen molar-refractivity contribution in [3.63, 3.8) is 0 Å². The molecule has 0 aromatic heterocycles. The van der Waals surface area contributed by atoms with E-state index in [-0.39, 0.29) is 5.56 Å². The normalized spacial score (nSPS) is 10.3. The lowest BCUT2D eigenvalue weighted by atomic mass is 10.2. The summed E-state index contributed by atoms with van der Waals surface area (Å²) in [5, 5.41) is 13.9. The molecule has 5 nitrogen and oxygen atoms in total. The van der Waals surface area contributed by atoms with Gasteiger partial charge in [-0.1, -0.05) is 11.6 Å². The molecular weight excluding hydrogens is 343 g/mol. The molecule has 0 atom stereocenters. The summed E-state index contributed by atoms with van der Waals surface area (Å²) in [6.45, 7) is 0.372. The van der Waals surface area contributed by atoms with E-state index >= 15 is 0 Å². The average Bonchev–Trinajstić information content (AvgIpc) is 2.53. The van der Waals surface area contributed by atoms with Crippen molar-refractivity contribution < 1.29 is 14.1 Å². The van der Waals surface area contributed by atoms with Gasteiger partial charge < -0.3 is 5.32 Å². The van der Waals surface area contributed by atoms with Gasteiger partial charge in [0.15, 0.2) is 0 Å². The van der Waals surface area contributed by atoms with Gasteiger partial charge in [-0.05, 0) is 36.4 Å². The van der Waals surface area contributed by atoms with Crippen LogP contribution < -0.4 is 5.32 Å². The topological polar surface area (TPSA) is 72.2 Å². The van der Waals surface area contributed by atoms with Crippen LogP contribution in [0.2, 0.25) is 5.02 Å². The number of carbonyl (C=O) groups excluding carboxylic acids is 1. The molecule has 0 spiro atoms. The minimum atomic E-state index is -0.968. The number of thioether (sulfide) groups is 1. The number of hydrogen-bond donors (Lipinski definition) is 1. The third-order valence-electron chi connectivity index (χ3n) is 2.88. The first kappa shape index (κ1) is 17.2. The van der Waals surface area contributed by atoms with Gasteiger partial charge in [-0.2, -0.15) is 4.39 Å². The molecule has 1 N–H and O–H groups in total. The molecule has 2 aromatic carbocycles. The van der Waals surface area contributed by atoms with Crippen molar-refractivity contribution in [2.24, 2.45) is 0 Å². The number of halogens is 2. The smallest absolute Gasteiger partial charge is 0.305 e. The second kappa shape index (κ2) is 7.94. The molecule has 0 saturated carbocycles. The highest BCUT2D eigenvalue weighted by Crippen LogP contribution is 2.20. The monoisotopic (exact) mass is 354 g/mol. The van der Waals surface area contributed by atoms with E-state index in [1.807, 2.05) is 12.1 Å². The van der Waals surface area contributed by atoms with Crippen LogP contribution in [0.5, 0.6) is 0 Å².